The molecule has 1 aliphatic rings. The number of fused-ring (bicyclic) bond motifs is 1. The number of likely N-dealkylation sites (N-methyl/N-ethyl adjacent to an activating group) is 1. The van der Waals surface area contributed by atoms with Gasteiger partial charge in [-0.05, 0) is 24.7 Å². The first-order chi connectivity index (χ1) is 13.2. The summed E-state index contributed by atoms with van der Waals surface area (Å²) in [5.41, 5.74) is 7.57. The van der Waals surface area contributed by atoms with E-state index >= 15 is 0 Å². The average molecular weight is 429 g/mol. The standard InChI is InChI=1S/C19H21BrN6O/c1-2-25-8-10-26(11-9-25)18-16(21)19(24-12-23-18)27-15-6-5-14(20)13-4-3-7-22-17(13)15/h3-7,12H,2,8-11,21H2,1H3. The fourth-order valence-electron chi connectivity index (χ4n) is 3.28. The molecule has 0 aliphatic carbocycles. The zero-order valence-corrected chi connectivity index (χ0v) is 16.7. The molecule has 0 atom stereocenters. The van der Waals surface area contributed by atoms with Gasteiger partial charge in [0.15, 0.2) is 11.6 Å². The second kappa shape index (κ2) is 7.66. The smallest absolute Gasteiger partial charge is 0.248 e. The topological polar surface area (TPSA) is 80.4 Å². The molecule has 1 aromatic carbocycles. The van der Waals surface area contributed by atoms with Crippen molar-refractivity contribution in [1.29, 1.82) is 0 Å². The lowest BCUT2D eigenvalue weighted by Gasteiger charge is -2.35. The summed E-state index contributed by atoms with van der Waals surface area (Å²) >= 11 is 3.55. The number of nitrogens with zero attached hydrogens (tertiary/aromatic N) is 5. The van der Waals surface area contributed by atoms with E-state index in [1.807, 2.05) is 24.3 Å². The maximum absolute atomic E-state index is 6.37. The third-order valence-electron chi connectivity index (χ3n) is 4.83. The third-order valence-corrected chi connectivity index (χ3v) is 5.52. The van der Waals surface area contributed by atoms with Crippen molar-refractivity contribution in [1.82, 2.24) is 19.9 Å². The van der Waals surface area contributed by atoms with Crippen molar-refractivity contribution in [2.75, 3.05) is 43.4 Å². The van der Waals surface area contributed by atoms with Crippen LogP contribution >= 0.6 is 15.9 Å². The first kappa shape index (κ1) is 17.9. The number of rotatable bonds is 4. The Balaban J connectivity index is 1.64. The van der Waals surface area contributed by atoms with Gasteiger partial charge in [-0.2, -0.15) is 4.98 Å². The lowest BCUT2D eigenvalue weighted by molar-refractivity contribution is 0.270. The minimum atomic E-state index is 0.354. The number of hydrogen-bond donors (Lipinski definition) is 1. The molecule has 2 aromatic heterocycles. The lowest BCUT2D eigenvalue weighted by atomic mass is 10.2. The second-order valence-corrected chi connectivity index (χ2v) is 7.24. The summed E-state index contributed by atoms with van der Waals surface area (Å²) in [5.74, 6) is 1.69. The number of anilines is 2. The second-order valence-electron chi connectivity index (χ2n) is 6.38. The predicted molar refractivity (Wildman–Crippen MR) is 110 cm³/mol. The molecular weight excluding hydrogens is 408 g/mol. The molecule has 3 heterocycles. The molecule has 0 spiro atoms. The van der Waals surface area contributed by atoms with Crippen LogP contribution in [0.5, 0.6) is 11.6 Å². The summed E-state index contributed by atoms with van der Waals surface area (Å²) in [4.78, 5) is 17.7. The van der Waals surface area contributed by atoms with Crippen molar-refractivity contribution in [3.8, 4) is 11.6 Å². The number of halogens is 1. The minimum absolute atomic E-state index is 0.354. The Labute approximate surface area is 166 Å². The summed E-state index contributed by atoms with van der Waals surface area (Å²) in [6, 6.07) is 7.67. The molecule has 1 saturated heterocycles. The molecule has 4 rings (SSSR count). The molecule has 0 bridgehead atoms. The molecule has 27 heavy (non-hydrogen) atoms. The molecule has 7 nitrogen and oxygen atoms in total. The van der Waals surface area contributed by atoms with Gasteiger partial charge in [-0.3, -0.25) is 4.98 Å². The number of ether oxygens (including phenoxy) is 1. The summed E-state index contributed by atoms with van der Waals surface area (Å²) in [7, 11) is 0. The molecule has 140 valence electrons. The van der Waals surface area contributed by atoms with Crippen molar-refractivity contribution in [3.05, 3.63) is 41.3 Å². The molecule has 0 saturated carbocycles. The van der Waals surface area contributed by atoms with Gasteiger partial charge in [0, 0.05) is 42.2 Å². The van der Waals surface area contributed by atoms with Crippen molar-refractivity contribution < 1.29 is 4.74 Å². The maximum atomic E-state index is 6.37. The SMILES string of the molecule is CCN1CCN(c2ncnc(Oc3ccc(Br)c4cccnc34)c2N)CC1. The number of pyridine rings is 1. The Morgan fingerprint density at radius 1 is 1.11 bits per heavy atom. The fourth-order valence-corrected chi connectivity index (χ4v) is 3.73. The van der Waals surface area contributed by atoms with Crippen LogP contribution in [0.4, 0.5) is 11.5 Å². The largest absolute Gasteiger partial charge is 0.435 e. The van der Waals surface area contributed by atoms with Crippen LogP contribution in [-0.4, -0.2) is 52.6 Å². The Morgan fingerprint density at radius 3 is 2.70 bits per heavy atom. The molecular formula is C19H21BrN6O. The number of benzene rings is 1. The molecule has 0 radical (unpaired) electrons. The monoisotopic (exact) mass is 428 g/mol. The van der Waals surface area contributed by atoms with Gasteiger partial charge >= 0.3 is 0 Å². The van der Waals surface area contributed by atoms with Crippen molar-refractivity contribution >= 4 is 38.3 Å². The van der Waals surface area contributed by atoms with Crippen LogP contribution in [0.2, 0.25) is 0 Å². The van der Waals surface area contributed by atoms with Gasteiger partial charge in [0.2, 0.25) is 5.88 Å². The highest BCUT2D eigenvalue weighted by molar-refractivity contribution is 9.10. The molecule has 0 amide bonds. The average Bonchev–Trinajstić information content (AvgIpc) is 2.72. The van der Waals surface area contributed by atoms with Gasteiger partial charge in [0.05, 0.1) is 0 Å². The van der Waals surface area contributed by atoms with Gasteiger partial charge in [0.25, 0.3) is 0 Å². The fraction of sp³-hybridized carbons (Fsp3) is 0.316. The van der Waals surface area contributed by atoms with E-state index in [-0.39, 0.29) is 0 Å². The zero-order chi connectivity index (χ0) is 18.8. The van der Waals surface area contributed by atoms with Crippen molar-refractivity contribution in [2.45, 2.75) is 6.92 Å². The zero-order valence-electron chi connectivity index (χ0n) is 15.1. The van der Waals surface area contributed by atoms with Crippen LogP contribution in [0.25, 0.3) is 10.9 Å². The molecule has 0 unspecified atom stereocenters. The van der Waals surface area contributed by atoms with Crippen LogP contribution in [0.3, 0.4) is 0 Å². The van der Waals surface area contributed by atoms with Crippen LogP contribution in [0.15, 0.2) is 41.3 Å². The first-order valence-corrected chi connectivity index (χ1v) is 9.75. The van der Waals surface area contributed by atoms with E-state index in [2.05, 4.69) is 47.6 Å². The van der Waals surface area contributed by atoms with Gasteiger partial charge in [-0.25, -0.2) is 4.98 Å². The Hall–Kier alpha value is -2.45. The third kappa shape index (κ3) is 3.54. The molecule has 1 fully saturated rings. The predicted octanol–water partition coefficient (Wildman–Crippen LogP) is 3.30. The summed E-state index contributed by atoms with van der Waals surface area (Å²) in [6.07, 6.45) is 3.24. The Kier molecular flexibility index (Phi) is 5.09. The van der Waals surface area contributed by atoms with Crippen LogP contribution in [-0.2, 0) is 0 Å². The molecule has 2 N–H and O–H groups in total. The summed E-state index contributed by atoms with van der Waals surface area (Å²) in [6.45, 7) is 7.01. The highest BCUT2D eigenvalue weighted by Crippen LogP contribution is 2.36. The number of aromatic nitrogens is 3. The van der Waals surface area contributed by atoms with Gasteiger partial charge < -0.3 is 20.3 Å². The number of nitrogen functional groups attached to an aromatic ring is 1. The highest BCUT2D eigenvalue weighted by Gasteiger charge is 2.21. The highest BCUT2D eigenvalue weighted by atomic mass is 79.9. The van der Waals surface area contributed by atoms with Crippen molar-refractivity contribution in [3.63, 3.8) is 0 Å². The van der Waals surface area contributed by atoms with Crippen LogP contribution in [0.1, 0.15) is 6.92 Å². The van der Waals surface area contributed by atoms with E-state index < -0.39 is 0 Å². The van der Waals surface area contributed by atoms with E-state index in [4.69, 9.17) is 10.5 Å². The maximum Gasteiger partial charge on any atom is 0.248 e. The molecule has 8 heteroatoms. The summed E-state index contributed by atoms with van der Waals surface area (Å²) < 4.78 is 7.02. The first-order valence-electron chi connectivity index (χ1n) is 8.96. The van der Waals surface area contributed by atoms with E-state index in [9.17, 15) is 0 Å². The van der Waals surface area contributed by atoms with E-state index in [0.29, 0.717) is 17.3 Å². The number of piperazine rings is 1. The van der Waals surface area contributed by atoms with Crippen molar-refractivity contribution in [2.24, 2.45) is 0 Å². The molecule has 3 aromatic rings. The number of hydrogen-bond acceptors (Lipinski definition) is 7. The van der Waals surface area contributed by atoms with Crippen LogP contribution < -0.4 is 15.4 Å². The molecule has 1 aliphatic heterocycles. The Morgan fingerprint density at radius 2 is 1.93 bits per heavy atom. The quantitative estimate of drug-likeness (QED) is 0.682. The normalized spacial score (nSPS) is 15.3. The van der Waals surface area contributed by atoms with E-state index in [1.54, 1.807) is 6.20 Å². The van der Waals surface area contributed by atoms with Gasteiger partial charge in [-0.1, -0.05) is 28.9 Å². The lowest BCUT2D eigenvalue weighted by Crippen LogP contribution is -2.46. The van der Waals surface area contributed by atoms with E-state index in [0.717, 1.165) is 53.9 Å². The minimum Gasteiger partial charge on any atom is -0.435 e. The van der Waals surface area contributed by atoms with E-state index in [1.165, 1.54) is 6.33 Å². The Bertz CT molecular complexity index is 958. The van der Waals surface area contributed by atoms with Gasteiger partial charge in [-0.15, -0.1) is 0 Å². The van der Waals surface area contributed by atoms with Crippen LogP contribution in [0, 0.1) is 0 Å². The summed E-state index contributed by atoms with van der Waals surface area (Å²) in [5, 5.41) is 0.971. The number of nitrogens with two attached hydrogens (primary N) is 1. The van der Waals surface area contributed by atoms with Gasteiger partial charge in [0.1, 0.15) is 17.5 Å².